The van der Waals surface area contributed by atoms with Gasteiger partial charge in [-0.1, -0.05) is 6.42 Å². The monoisotopic (exact) mass is 290 g/mol. The maximum absolute atomic E-state index is 12.1. The zero-order chi connectivity index (χ0) is 14.8. The van der Waals surface area contributed by atoms with Gasteiger partial charge in [-0.15, -0.1) is 0 Å². The molecule has 0 aromatic carbocycles. The van der Waals surface area contributed by atoms with Crippen molar-refractivity contribution < 1.29 is 9.21 Å². The Kier molecular flexibility index (Phi) is 4.34. The Hall–Kier alpha value is -1.29. The standard InChI is InChI=1S/C17H26N2O2/c1-11(16-9-13-5-6-14(16)8-13)19-12(2)17(20)18-10-15-4-3-7-21-15/h3-4,7,11-14,16,19H,5-6,8-10H2,1-2H3,(H,18,20). The van der Waals surface area contributed by atoms with Gasteiger partial charge in [-0.05, 0) is 63.0 Å². The van der Waals surface area contributed by atoms with E-state index in [0.717, 1.165) is 23.5 Å². The number of carbonyl (C=O) groups excluding carboxylic acids is 1. The van der Waals surface area contributed by atoms with Gasteiger partial charge in [0.25, 0.3) is 0 Å². The predicted molar refractivity (Wildman–Crippen MR) is 81.6 cm³/mol. The molecule has 1 aromatic rings. The molecule has 5 atom stereocenters. The molecule has 4 nitrogen and oxygen atoms in total. The van der Waals surface area contributed by atoms with Gasteiger partial charge in [0.15, 0.2) is 0 Å². The Labute approximate surface area is 126 Å². The van der Waals surface area contributed by atoms with Crippen LogP contribution < -0.4 is 10.6 Å². The van der Waals surface area contributed by atoms with Crippen molar-refractivity contribution in [3.63, 3.8) is 0 Å². The molecule has 2 aliphatic rings. The number of furan rings is 1. The summed E-state index contributed by atoms with van der Waals surface area (Å²) < 4.78 is 5.22. The van der Waals surface area contributed by atoms with E-state index >= 15 is 0 Å². The van der Waals surface area contributed by atoms with Crippen molar-refractivity contribution in [2.75, 3.05) is 0 Å². The van der Waals surface area contributed by atoms with E-state index in [4.69, 9.17) is 4.42 Å². The Morgan fingerprint density at radius 1 is 1.38 bits per heavy atom. The van der Waals surface area contributed by atoms with Gasteiger partial charge in [0.05, 0.1) is 18.8 Å². The van der Waals surface area contributed by atoms with E-state index < -0.39 is 0 Å². The molecule has 0 radical (unpaired) electrons. The van der Waals surface area contributed by atoms with Crippen LogP contribution in [0.15, 0.2) is 22.8 Å². The highest BCUT2D eigenvalue weighted by Gasteiger charge is 2.42. The third-order valence-corrected chi connectivity index (χ3v) is 5.36. The van der Waals surface area contributed by atoms with Crippen LogP contribution in [0.4, 0.5) is 0 Å². The second-order valence-corrected chi connectivity index (χ2v) is 6.81. The minimum absolute atomic E-state index is 0.0430. The fourth-order valence-corrected chi connectivity index (χ4v) is 4.24. The van der Waals surface area contributed by atoms with Gasteiger partial charge >= 0.3 is 0 Å². The summed E-state index contributed by atoms with van der Waals surface area (Å²) >= 11 is 0. The summed E-state index contributed by atoms with van der Waals surface area (Å²) in [6.07, 6.45) is 7.20. The summed E-state index contributed by atoms with van der Waals surface area (Å²) in [5.41, 5.74) is 0. The van der Waals surface area contributed by atoms with Crippen molar-refractivity contribution in [1.29, 1.82) is 0 Å². The molecular formula is C17H26N2O2. The molecule has 1 amide bonds. The molecule has 3 rings (SSSR count). The van der Waals surface area contributed by atoms with Gasteiger partial charge in [0.2, 0.25) is 5.91 Å². The number of nitrogens with one attached hydrogen (secondary N) is 2. The van der Waals surface area contributed by atoms with Crippen LogP contribution in [-0.4, -0.2) is 18.0 Å². The van der Waals surface area contributed by atoms with E-state index in [9.17, 15) is 4.79 Å². The molecule has 116 valence electrons. The number of fused-ring (bicyclic) bond motifs is 2. The number of carbonyl (C=O) groups is 1. The fourth-order valence-electron chi connectivity index (χ4n) is 4.24. The first-order valence-corrected chi connectivity index (χ1v) is 8.19. The van der Waals surface area contributed by atoms with Crippen molar-refractivity contribution in [2.24, 2.45) is 17.8 Å². The summed E-state index contributed by atoms with van der Waals surface area (Å²) in [7, 11) is 0. The first kappa shape index (κ1) is 14.6. The van der Waals surface area contributed by atoms with Crippen molar-refractivity contribution in [3.8, 4) is 0 Å². The number of rotatable bonds is 6. The molecule has 1 heterocycles. The average molecular weight is 290 g/mol. The van der Waals surface area contributed by atoms with Crippen molar-refractivity contribution in [3.05, 3.63) is 24.2 Å². The summed E-state index contributed by atoms with van der Waals surface area (Å²) in [5.74, 6) is 3.42. The molecule has 0 aliphatic heterocycles. The minimum atomic E-state index is -0.158. The topological polar surface area (TPSA) is 54.3 Å². The van der Waals surface area contributed by atoms with E-state index in [1.807, 2.05) is 19.1 Å². The number of hydrogen-bond acceptors (Lipinski definition) is 3. The van der Waals surface area contributed by atoms with Crippen LogP contribution in [-0.2, 0) is 11.3 Å². The lowest BCUT2D eigenvalue weighted by Gasteiger charge is -2.30. The van der Waals surface area contributed by atoms with Gasteiger partial charge in [-0.2, -0.15) is 0 Å². The largest absolute Gasteiger partial charge is 0.467 e. The molecule has 4 heteroatoms. The van der Waals surface area contributed by atoms with Crippen LogP contribution in [0.1, 0.15) is 45.3 Å². The molecule has 2 N–H and O–H groups in total. The predicted octanol–water partition coefficient (Wildman–Crippen LogP) is 2.70. The highest BCUT2D eigenvalue weighted by molar-refractivity contribution is 5.81. The van der Waals surface area contributed by atoms with E-state index in [2.05, 4.69) is 17.6 Å². The van der Waals surface area contributed by atoms with Crippen LogP contribution >= 0.6 is 0 Å². The van der Waals surface area contributed by atoms with E-state index in [-0.39, 0.29) is 11.9 Å². The maximum atomic E-state index is 12.1. The molecule has 2 aliphatic carbocycles. The molecule has 2 saturated carbocycles. The van der Waals surface area contributed by atoms with Crippen molar-refractivity contribution in [2.45, 2.75) is 58.2 Å². The molecule has 2 bridgehead atoms. The molecule has 0 spiro atoms. The molecule has 1 aromatic heterocycles. The Morgan fingerprint density at radius 2 is 2.24 bits per heavy atom. The van der Waals surface area contributed by atoms with Gasteiger partial charge in [-0.25, -0.2) is 0 Å². The lowest BCUT2D eigenvalue weighted by atomic mass is 9.84. The maximum Gasteiger partial charge on any atom is 0.237 e. The lowest BCUT2D eigenvalue weighted by Crippen LogP contribution is -2.48. The Morgan fingerprint density at radius 3 is 2.86 bits per heavy atom. The molecule has 0 saturated heterocycles. The number of amides is 1. The summed E-state index contributed by atoms with van der Waals surface area (Å²) in [6.45, 7) is 4.64. The Balaban J connectivity index is 1.44. The van der Waals surface area contributed by atoms with Gasteiger partial charge in [0, 0.05) is 6.04 Å². The highest BCUT2D eigenvalue weighted by atomic mass is 16.3. The third-order valence-electron chi connectivity index (χ3n) is 5.36. The van der Waals surface area contributed by atoms with Crippen molar-refractivity contribution in [1.82, 2.24) is 10.6 Å². The normalized spacial score (nSPS) is 30.3. The average Bonchev–Trinajstić information content (AvgIpc) is 3.21. The minimum Gasteiger partial charge on any atom is -0.467 e. The van der Waals surface area contributed by atoms with Crippen LogP contribution in [0.25, 0.3) is 0 Å². The molecular weight excluding hydrogens is 264 g/mol. The fraction of sp³-hybridized carbons (Fsp3) is 0.706. The highest BCUT2D eigenvalue weighted by Crippen LogP contribution is 2.49. The first-order chi connectivity index (χ1) is 10.1. The smallest absolute Gasteiger partial charge is 0.237 e. The van der Waals surface area contributed by atoms with E-state index in [0.29, 0.717) is 12.6 Å². The van der Waals surface area contributed by atoms with Crippen LogP contribution in [0.2, 0.25) is 0 Å². The summed E-state index contributed by atoms with van der Waals surface area (Å²) in [5, 5.41) is 6.41. The second kappa shape index (κ2) is 6.22. The van der Waals surface area contributed by atoms with E-state index in [1.165, 1.54) is 25.7 Å². The Bertz CT molecular complexity index is 471. The van der Waals surface area contributed by atoms with Crippen LogP contribution in [0.3, 0.4) is 0 Å². The first-order valence-electron chi connectivity index (χ1n) is 8.19. The zero-order valence-electron chi connectivity index (χ0n) is 13.0. The quantitative estimate of drug-likeness (QED) is 0.847. The summed E-state index contributed by atoms with van der Waals surface area (Å²) in [6, 6.07) is 3.97. The van der Waals surface area contributed by atoms with Gasteiger partial charge in [-0.3, -0.25) is 4.79 Å². The zero-order valence-corrected chi connectivity index (χ0v) is 13.0. The van der Waals surface area contributed by atoms with Crippen LogP contribution in [0, 0.1) is 17.8 Å². The van der Waals surface area contributed by atoms with Gasteiger partial charge in [0.1, 0.15) is 5.76 Å². The molecule has 2 fully saturated rings. The second-order valence-electron chi connectivity index (χ2n) is 6.81. The molecule has 21 heavy (non-hydrogen) atoms. The summed E-state index contributed by atoms with van der Waals surface area (Å²) in [4.78, 5) is 12.1. The number of hydrogen-bond donors (Lipinski definition) is 2. The van der Waals surface area contributed by atoms with Crippen molar-refractivity contribution >= 4 is 5.91 Å². The molecule has 5 unspecified atom stereocenters. The van der Waals surface area contributed by atoms with E-state index in [1.54, 1.807) is 6.26 Å². The lowest BCUT2D eigenvalue weighted by molar-refractivity contribution is -0.123. The third kappa shape index (κ3) is 3.31. The SMILES string of the molecule is CC(NC(C)C1CC2CCC1C2)C(=O)NCc1ccco1. The van der Waals surface area contributed by atoms with Gasteiger partial charge < -0.3 is 15.1 Å². The van der Waals surface area contributed by atoms with Crippen LogP contribution in [0.5, 0.6) is 0 Å².